The second kappa shape index (κ2) is 7.14. The highest BCUT2D eigenvalue weighted by Gasteiger charge is 2.14. The molecular weight excluding hydrogens is 256 g/mol. The molecule has 1 aliphatic rings. The van der Waals surface area contributed by atoms with Crippen LogP contribution in [0.3, 0.4) is 0 Å². The lowest BCUT2D eigenvalue weighted by molar-refractivity contribution is 0.112. The van der Waals surface area contributed by atoms with Gasteiger partial charge >= 0.3 is 0 Å². The zero-order valence-corrected chi connectivity index (χ0v) is 11.9. The first-order valence-electron chi connectivity index (χ1n) is 7.11. The van der Waals surface area contributed by atoms with Crippen molar-refractivity contribution in [3.63, 3.8) is 0 Å². The van der Waals surface area contributed by atoms with E-state index in [1.54, 1.807) is 12.1 Å². The Morgan fingerprint density at radius 2 is 2.05 bits per heavy atom. The topological polar surface area (TPSA) is 64.8 Å². The Labute approximate surface area is 119 Å². The number of carbonyl (C=O) groups excluding carboxylic acids is 1. The predicted molar refractivity (Wildman–Crippen MR) is 78.6 cm³/mol. The molecule has 20 heavy (non-hydrogen) atoms. The molecule has 0 amide bonds. The Kier molecular flexibility index (Phi) is 5.24. The molecular formula is C15H22N2O3. The van der Waals surface area contributed by atoms with Crippen LogP contribution in [-0.2, 0) is 0 Å². The standard InChI is InChI=1S/C15H22N2O3/c1-2-19-14-10-12(11-18)9-13(16)15(14)20-8-7-17-5-3-4-6-17/h9-11H,2-8,16H2,1H3. The summed E-state index contributed by atoms with van der Waals surface area (Å²) in [4.78, 5) is 13.2. The molecule has 0 bridgehead atoms. The SMILES string of the molecule is CCOc1cc(C=O)cc(N)c1OCCN1CCCC1. The molecule has 1 fully saturated rings. The van der Waals surface area contributed by atoms with E-state index in [4.69, 9.17) is 15.2 Å². The van der Waals surface area contributed by atoms with Gasteiger partial charge in [0.15, 0.2) is 11.5 Å². The van der Waals surface area contributed by atoms with Gasteiger partial charge in [-0.05, 0) is 45.0 Å². The zero-order valence-electron chi connectivity index (χ0n) is 11.9. The van der Waals surface area contributed by atoms with E-state index in [0.29, 0.717) is 36.0 Å². The molecule has 2 rings (SSSR count). The van der Waals surface area contributed by atoms with Gasteiger partial charge < -0.3 is 15.2 Å². The number of likely N-dealkylation sites (tertiary alicyclic amines) is 1. The van der Waals surface area contributed by atoms with E-state index in [-0.39, 0.29) is 0 Å². The largest absolute Gasteiger partial charge is 0.490 e. The zero-order chi connectivity index (χ0) is 14.4. The lowest BCUT2D eigenvalue weighted by Gasteiger charge is -2.18. The molecule has 5 heteroatoms. The Morgan fingerprint density at radius 1 is 1.30 bits per heavy atom. The smallest absolute Gasteiger partial charge is 0.184 e. The summed E-state index contributed by atoms with van der Waals surface area (Å²) < 4.78 is 11.3. The van der Waals surface area contributed by atoms with Crippen LogP contribution in [-0.4, -0.2) is 44.0 Å². The van der Waals surface area contributed by atoms with E-state index >= 15 is 0 Å². The number of anilines is 1. The Bertz CT molecular complexity index is 457. The van der Waals surface area contributed by atoms with Crippen molar-refractivity contribution in [1.82, 2.24) is 4.90 Å². The molecule has 1 heterocycles. The molecule has 110 valence electrons. The summed E-state index contributed by atoms with van der Waals surface area (Å²) in [5.74, 6) is 1.08. The van der Waals surface area contributed by atoms with Crippen molar-refractivity contribution in [2.24, 2.45) is 0 Å². The Balaban J connectivity index is 2.02. The van der Waals surface area contributed by atoms with Crippen molar-refractivity contribution in [3.05, 3.63) is 17.7 Å². The van der Waals surface area contributed by atoms with Gasteiger partial charge in [0.05, 0.1) is 12.3 Å². The van der Waals surface area contributed by atoms with Gasteiger partial charge in [-0.15, -0.1) is 0 Å². The molecule has 1 aliphatic heterocycles. The highest BCUT2D eigenvalue weighted by Crippen LogP contribution is 2.34. The molecule has 0 radical (unpaired) electrons. The average molecular weight is 278 g/mol. The van der Waals surface area contributed by atoms with Crippen molar-refractivity contribution >= 4 is 12.0 Å². The van der Waals surface area contributed by atoms with Crippen LogP contribution < -0.4 is 15.2 Å². The van der Waals surface area contributed by atoms with Crippen molar-refractivity contribution in [1.29, 1.82) is 0 Å². The maximum absolute atomic E-state index is 10.9. The summed E-state index contributed by atoms with van der Waals surface area (Å²) in [7, 11) is 0. The van der Waals surface area contributed by atoms with Crippen LogP contribution in [0.4, 0.5) is 5.69 Å². The number of carbonyl (C=O) groups is 1. The lowest BCUT2D eigenvalue weighted by atomic mass is 10.2. The number of nitrogen functional groups attached to an aromatic ring is 1. The molecule has 2 N–H and O–H groups in total. The number of nitrogens with zero attached hydrogens (tertiary/aromatic N) is 1. The van der Waals surface area contributed by atoms with E-state index in [1.807, 2.05) is 6.92 Å². The van der Waals surface area contributed by atoms with Gasteiger partial charge in [0, 0.05) is 12.1 Å². The number of ether oxygens (including phenoxy) is 2. The molecule has 5 nitrogen and oxygen atoms in total. The third-order valence-electron chi connectivity index (χ3n) is 3.39. The van der Waals surface area contributed by atoms with Crippen LogP contribution in [0.2, 0.25) is 0 Å². The second-order valence-electron chi connectivity index (χ2n) is 4.89. The molecule has 1 saturated heterocycles. The van der Waals surface area contributed by atoms with E-state index in [2.05, 4.69) is 4.90 Å². The number of aldehydes is 1. The monoisotopic (exact) mass is 278 g/mol. The third kappa shape index (κ3) is 3.63. The van der Waals surface area contributed by atoms with Gasteiger partial charge in [0.1, 0.15) is 12.9 Å². The van der Waals surface area contributed by atoms with Crippen LogP contribution in [0.15, 0.2) is 12.1 Å². The van der Waals surface area contributed by atoms with E-state index < -0.39 is 0 Å². The average Bonchev–Trinajstić information content (AvgIpc) is 2.95. The predicted octanol–water partition coefficient (Wildman–Crippen LogP) is 1.95. The van der Waals surface area contributed by atoms with Crippen molar-refractivity contribution < 1.29 is 14.3 Å². The lowest BCUT2D eigenvalue weighted by Crippen LogP contribution is -2.25. The highest BCUT2D eigenvalue weighted by molar-refractivity contribution is 5.80. The summed E-state index contributed by atoms with van der Waals surface area (Å²) in [5, 5.41) is 0. The van der Waals surface area contributed by atoms with Crippen molar-refractivity contribution in [3.8, 4) is 11.5 Å². The number of benzene rings is 1. The number of nitrogens with two attached hydrogens (primary N) is 1. The molecule has 0 spiro atoms. The molecule has 0 saturated carbocycles. The normalized spacial score (nSPS) is 15.2. The minimum atomic E-state index is 0.444. The Morgan fingerprint density at radius 3 is 2.70 bits per heavy atom. The first kappa shape index (κ1) is 14.7. The van der Waals surface area contributed by atoms with Gasteiger partial charge in [-0.1, -0.05) is 0 Å². The number of hydrogen-bond donors (Lipinski definition) is 1. The highest BCUT2D eigenvalue weighted by atomic mass is 16.5. The van der Waals surface area contributed by atoms with Gasteiger partial charge in [-0.2, -0.15) is 0 Å². The number of rotatable bonds is 7. The van der Waals surface area contributed by atoms with Crippen LogP contribution in [0.1, 0.15) is 30.1 Å². The third-order valence-corrected chi connectivity index (χ3v) is 3.39. The fourth-order valence-corrected chi connectivity index (χ4v) is 2.41. The maximum Gasteiger partial charge on any atom is 0.184 e. The summed E-state index contributed by atoms with van der Waals surface area (Å²) >= 11 is 0. The van der Waals surface area contributed by atoms with Crippen LogP contribution in [0, 0.1) is 0 Å². The molecule has 1 aromatic carbocycles. The fraction of sp³-hybridized carbons (Fsp3) is 0.533. The summed E-state index contributed by atoms with van der Waals surface area (Å²) in [6.07, 6.45) is 3.29. The quantitative estimate of drug-likeness (QED) is 0.610. The summed E-state index contributed by atoms with van der Waals surface area (Å²) in [6.45, 7) is 6.13. The fourth-order valence-electron chi connectivity index (χ4n) is 2.41. The molecule has 1 aromatic rings. The molecule has 0 aromatic heterocycles. The van der Waals surface area contributed by atoms with E-state index in [0.717, 1.165) is 25.9 Å². The molecule has 0 aliphatic carbocycles. The Hall–Kier alpha value is -1.75. The minimum absolute atomic E-state index is 0.444. The first-order chi connectivity index (χ1) is 9.74. The van der Waals surface area contributed by atoms with E-state index in [9.17, 15) is 4.79 Å². The van der Waals surface area contributed by atoms with Gasteiger partial charge in [0.25, 0.3) is 0 Å². The van der Waals surface area contributed by atoms with Gasteiger partial charge in [0.2, 0.25) is 0 Å². The van der Waals surface area contributed by atoms with E-state index in [1.165, 1.54) is 12.8 Å². The molecule has 0 atom stereocenters. The summed E-state index contributed by atoms with van der Waals surface area (Å²) in [6, 6.07) is 3.28. The maximum atomic E-state index is 10.9. The van der Waals surface area contributed by atoms with Crippen LogP contribution in [0.5, 0.6) is 11.5 Å². The van der Waals surface area contributed by atoms with Crippen LogP contribution in [0.25, 0.3) is 0 Å². The van der Waals surface area contributed by atoms with Crippen LogP contribution >= 0.6 is 0 Å². The van der Waals surface area contributed by atoms with Crippen molar-refractivity contribution in [2.45, 2.75) is 19.8 Å². The minimum Gasteiger partial charge on any atom is -0.490 e. The van der Waals surface area contributed by atoms with Gasteiger partial charge in [-0.25, -0.2) is 0 Å². The van der Waals surface area contributed by atoms with Gasteiger partial charge in [-0.3, -0.25) is 9.69 Å². The molecule has 0 unspecified atom stereocenters. The second-order valence-corrected chi connectivity index (χ2v) is 4.89. The van der Waals surface area contributed by atoms with Crippen molar-refractivity contribution in [2.75, 3.05) is 38.6 Å². The summed E-state index contributed by atoms with van der Waals surface area (Å²) in [5.41, 5.74) is 6.89. The first-order valence-corrected chi connectivity index (χ1v) is 7.11. The number of hydrogen-bond acceptors (Lipinski definition) is 5.